The third kappa shape index (κ3) is 5.18. The van der Waals surface area contributed by atoms with Crippen molar-refractivity contribution in [3.05, 3.63) is 69.5 Å². The lowest BCUT2D eigenvalue weighted by Gasteiger charge is -2.36. The maximum absolute atomic E-state index is 13.3. The summed E-state index contributed by atoms with van der Waals surface area (Å²) in [5.41, 5.74) is 1.45. The summed E-state index contributed by atoms with van der Waals surface area (Å²) in [5.74, 6) is -0.796. The Morgan fingerprint density at radius 1 is 1.08 bits per heavy atom. The van der Waals surface area contributed by atoms with E-state index in [9.17, 15) is 9.18 Å². The number of hydrogen-bond acceptors (Lipinski definition) is 2. The Balaban J connectivity index is 1.38. The van der Waals surface area contributed by atoms with Crippen LogP contribution in [0.15, 0.2) is 42.5 Å². The highest BCUT2D eigenvalue weighted by Gasteiger charge is 2.30. The molecule has 0 aromatic heterocycles. The van der Waals surface area contributed by atoms with Gasteiger partial charge in [0, 0.05) is 27.7 Å². The third-order valence-corrected chi connectivity index (χ3v) is 4.79. The second-order valence-electron chi connectivity index (χ2n) is 6.33. The Kier molecular flexibility index (Phi) is 5.94. The summed E-state index contributed by atoms with van der Waals surface area (Å²) in [6.07, 6.45) is 2.64. The number of rotatable bonds is 6. The highest BCUT2D eigenvalue weighted by atomic mass is 35.5. The van der Waals surface area contributed by atoms with Gasteiger partial charge in [0.25, 0.3) is 5.91 Å². The highest BCUT2D eigenvalue weighted by Crippen LogP contribution is 2.21. The van der Waals surface area contributed by atoms with E-state index >= 15 is 0 Å². The van der Waals surface area contributed by atoms with E-state index < -0.39 is 5.82 Å². The van der Waals surface area contributed by atoms with Crippen LogP contribution in [0.3, 0.4) is 0 Å². The second kappa shape index (κ2) is 8.17. The molecule has 1 amide bonds. The van der Waals surface area contributed by atoms with E-state index in [1.54, 1.807) is 0 Å². The van der Waals surface area contributed by atoms with Crippen LogP contribution < -0.4 is 10.6 Å². The Morgan fingerprint density at radius 2 is 1.88 bits per heavy atom. The molecule has 1 aliphatic carbocycles. The molecule has 0 bridgehead atoms. The molecule has 0 atom stereocenters. The van der Waals surface area contributed by atoms with E-state index in [0.717, 1.165) is 30.8 Å². The van der Waals surface area contributed by atoms with Crippen LogP contribution in [0.2, 0.25) is 10.0 Å². The normalized spacial score (nSPS) is 19.3. The molecule has 3 nitrogen and oxygen atoms in total. The Bertz CT molecular complexity index is 743. The van der Waals surface area contributed by atoms with Crippen molar-refractivity contribution in [2.45, 2.75) is 31.3 Å². The molecule has 6 heteroatoms. The fraction of sp³-hybridized carbons (Fsp3) is 0.316. The first-order valence-corrected chi connectivity index (χ1v) is 9.00. The SMILES string of the molecule is O=C(NC1CC(NCCc2cccc(Cl)c2)C1)c1cc(F)cc(Cl)c1. The summed E-state index contributed by atoms with van der Waals surface area (Å²) in [6, 6.07) is 12.2. The predicted molar refractivity (Wildman–Crippen MR) is 98.8 cm³/mol. The summed E-state index contributed by atoms with van der Waals surface area (Å²) in [5, 5.41) is 7.36. The van der Waals surface area contributed by atoms with Gasteiger partial charge in [-0.25, -0.2) is 4.39 Å². The lowest BCUT2D eigenvalue weighted by Crippen LogP contribution is -2.52. The van der Waals surface area contributed by atoms with Gasteiger partial charge in [-0.1, -0.05) is 35.3 Å². The number of halogens is 3. The molecule has 2 aromatic carbocycles. The summed E-state index contributed by atoms with van der Waals surface area (Å²) < 4.78 is 13.3. The van der Waals surface area contributed by atoms with Gasteiger partial charge in [0.05, 0.1) is 0 Å². The quantitative estimate of drug-likeness (QED) is 0.787. The van der Waals surface area contributed by atoms with E-state index in [1.807, 2.05) is 18.2 Å². The van der Waals surface area contributed by atoms with Crippen molar-refractivity contribution in [2.24, 2.45) is 0 Å². The van der Waals surface area contributed by atoms with Crippen LogP contribution in [0.4, 0.5) is 4.39 Å². The van der Waals surface area contributed by atoms with Gasteiger partial charge < -0.3 is 10.6 Å². The topological polar surface area (TPSA) is 41.1 Å². The highest BCUT2D eigenvalue weighted by molar-refractivity contribution is 6.31. The van der Waals surface area contributed by atoms with Gasteiger partial charge in [0.1, 0.15) is 5.82 Å². The van der Waals surface area contributed by atoms with Crippen molar-refractivity contribution in [1.82, 2.24) is 10.6 Å². The first kappa shape index (κ1) is 18.2. The second-order valence-corrected chi connectivity index (χ2v) is 7.20. The zero-order valence-electron chi connectivity index (χ0n) is 13.6. The average Bonchev–Trinajstić information content (AvgIpc) is 2.51. The van der Waals surface area contributed by atoms with Gasteiger partial charge in [-0.05, 0) is 61.7 Å². The number of carbonyl (C=O) groups excluding carboxylic acids is 1. The zero-order valence-corrected chi connectivity index (χ0v) is 15.1. The smallest absolute Gasteiger partial charge is 0.251 e. The largest absolute Gasteiger partial charge is 0.349 e. The lowest BCUT2D eigenvalue weighted by atomic mass is 9.86. The number of carbonyl (C=O) groups is 1. The fourth-order valence-electron chi connectivity index (χ4n) is 2.97. The molecule has 2 aromatic rings. The number of nitrogens with one attached hydrogen (secondary N) is 2. The first-order valence-electron chi connectivity index (χ1n) is 8.24. The van der Waals surface area contributed by atoms with Crippen molar-refractivity contribution in [3.8, 4) is 0 Å². The first-order chi connectivity index (χ1) is 12.0. The fourth-order valence-corrected chi connectivity index (χ4v) is 3.40. The molecule has 1 fully saturated rings. The molecule has 25 heavy (non-hydrogen) atoms. The van der Waals surface area contributed by atoms with Crippen molar-refractivity contribution >= 4 is 29.1 Å². The summed E-state index contributed by atoms with van der Waals surface area (Å²) in [4.78, 5) is 12.1. The van der Waals surface area contributed by atoms with E-state index in [-0.39, 0.29) is 22.5 Å². The molecule has 1 aliphatic rings. The molecule has 132 valence electrons. The van der Waals surface area contributed by atoms with Gasteiger partial charge in [-0.2, -0.15) is 0 Å². The standard InChI is InChI=1S/C19H19Cl2FN2O/c20-14-3-1-2-12(6-14)4-5-23-17-10-18(11-17)24-19(25)13-7-15(21)9-16(22)8-13/h1-3,6-9,17-18,23H,4-5,10-11H2,(H,24,25). The summed E-state index contributed by atoms with van der Waals surface area (Å²) >= 11 is 11.8. The molecular formula is C19H19Cl2FN2O. The van der Waals surface area contributed by atoms with Gasteiger partial charge in [-0.15, -0.1) is 0 Å². The van der Waals surface area contributed by atoms with E-state index in [2.05, 4.69) is 16.7 Å². The van der Waals surface area contributed by atoms with Gasteiger partial charge in [-0.3, -0.25) is 4.79 Å². The molecule has 3 rings (SSSR count). The van der Waals surface area contributed by atoms with Crippen LogP contribution in [0, 0.1) is 5.82 Å². The van der Waals surface area contributed by atoms with Crippen LogP contribution in [0.1, 0.15) is 28.8 Å². The van der Waals surface area contributed by atoms with Crippen LogP contribution in [-0.4, -0.2) is 24.5 Å². The summed E-state index contributed by atoms with van der Waals surface area (Å²) in [6.45, 7) is 0.866. The van der Waals surface area contributed by atoms with E-state index in [4.69, 9.17) is 23.2 Å². The monoisotopic (exact) mass is 380 g/mol. The molecule has 0 saturated heterocycles. The minimum Gasteiger partial charge on any atom is -0.349 e. The van der Waals surface area contributed by atoms with E-state index in [0.29, 0.717) is 6.04 Å². The van der Waals surface area contributed by atoms with Gasteiger partial charge in [0.2, 0.25) is 0 Å². The van der Waals surface area contributed by atoms with Crippen LogP contribution in [0.25, 0.3) is 0 Å². The van der Waals surface area contributed by atoms with Crippen molar-refractivity contribution in [3.63, 3.8) is 0 Å². The molecule has 0 unspecified atom stereocenters. The molecule has 0 spiro atoms. The Labute approximate surface area is 156 Å². The minimum atomic E-state index is -0.508. The molecule has 1 saturated carbocycles. The van der Waals surface area contributed by atoms with Crippen LogP contribution in [-0.2, 0) is 6.42 Å². The van der Waals surface area contributed by atoms with Crippen LogP contribution >= 0.6 is 23.2 Å². The molecular weight excluding hydrogens is 362 g/mol. The molecule has 0 heterocycles. The molecule has 0 radical (unpaired) electrons. The maximum atomic E-state index is 13.3. The van der Waals surface area contributed by atoms with E-state index in [1.165, 1.54) is 23.8 Å². The van der Waals surface area contributed by atoms with Gasteiger partial charge >= 0.3 is 0 Å². The third-order valence-electron chi connectivity index (χ3n) is 4.33. The van der Waals surface area contributed by atoms with Crippen LogP contribution in [0.5, 0.6) is 0 Å². The summed E-state index contributed by atoms with van der Waals surface area (Å²) in [7, 11) is 0. The zero-order chi connectivity index (χ0) is 17.8. The predicted octanol–water partition coefficient (Wildman–Crippen LogP) is 4.23. The Hall–Kier alpha value is -1.62. The molecule has 0 aliphatic heterocycles. The van der Waals surface area contributed by atoms with Gasteiger partial charge in [0.15, 0.2) is 0 Å². The molecule has 2 N–H and O–H groups in total. The van der Waals surface area contributed by atoms with Crippen molar-refractivity contribution in [1.29, 1.82) is 0 Å². The van der Waals surface area contributed by atoms with Crippen molar-refractivity contribution in [2.75, 3.05) is 6.54 Å². The number of benzene rings is 2. The van der Waals surface area contributed by atoms with Crippen molar-refractivity contribution < 1.29 is 9.18 Å². The maximum Gasteiger partial charge on any atom is 0.251 e. The Morgan fingerprint density at radius 3 is 2.60 bits per heavy atom. The minimum absolute atomic E-state index is 0.109. The number of amides is 1. The lowest BCUT2D eigenvalue weighted by molar-refractivity contribution is 0.0902. The number of hydrogen-bond donors (Lipinski definition) is 2. The average molecular weight is 381 g/mol.